The normalized spacial score (nSPS) is 11.1. The molecule has 0 fully saturated rings. The van der Waals surface area contributed by atoms with Crippen LogP contribution in [0.2, 0.25) is 0 Å². The van der Waals surface area contributed by atoms with E-state index in [9.17, 15) is 9.90 Å². The van der Waals surface area contributed by atoms with Crippen LogP contribution in [-0.4, -0.2) is 24.3 Å². The molecule has 0 spiro atoms. The average Bonchev–Trinajstić information content (AvgIpc) is 2.54. The lowest BCUT2D eigenvalue weighted by Crippen LogP contribution is -2.01. The summed E-state index contributed by atoms with van der Waals surface area (Å²) >= 11 is 0. The van der Waals surface area contributed by atoms with Gasteiger partial charge in [-0.1, -0.05) is 30.3 Å². The Bertz CT molecular complexity index is 704. The summed E-state index contributed by atoms with van der Waals surface area (Å²) in [6.07, 6.45) is 1.62. The Balaban J connectivity index is 2.46. The van der Waals surface area contributed by atoms with Crippen molar-refractivity contribution in [2.24, 2.45) is 0 Å². The van der Waals surface area contributed by atoms with Gasteiger partial charge in [0.15, 0.2) is 0 Å². The van der Waals surface area contributed by atoms with Crippen LogP contribution in [0.15, 0.2) is 48.5 Å². The lowest BCUT2D eigenvalue weighted by atomic mass is 10.0. The van der Waals surface area contributed by atoms with Crippen molar-refractivity contribution < 1.29 is 19.4 Å². The monoisotopic (exact) mass is 312 g/mol. The van der Waals surface area contributed by atoms with Crippen LogP contribution in [0.1, 0.15) is 25.0 Å². The zero-order chi connectivity index (χ0) is 16.7. The molecule has 0 aliphatic heterocycles. The summed E-state index contributed by atoms with van der Waals surface area (Å²) in [5.41, 5.74) is 1.52. The molecule has 0 bridgehead atoms. The molecule has 0 saturated heterocycles. The Morgan fingerprint density at radius 2 is 1.78 bits per heavy atom. The molecule has 0 saturated carbocycles. The van der Waals surface area contributed by atoms with Crippen molar-refractivity contribution >= 4 is 17.6 Å². The van der Waals surface area contributed by atoms with Gasteiger partial charge < -0.3 is 14.6 Å². The number of hydrogen-bond acceptors (Lipinski definition) is 3. The second-order valence-corrected chi connectivity index (χ2v) is 4.79. The van der Waals surface area contributed by atoms with Crippen LogP contribution in [0, 0.1) is 0 Å². The quantitative estimate of drug-likeness (QED) is 0.617. The van der Waals surface area contributed by atoms with Crippen molar-refractivity contribution in [3.63, 3.8) is 0 Å². The molecular weight excluding hydrogens is 292 g/mol. The first-order valence-electron chi connectivity index (χ1n) is 7.55. The number of aliphatic carboxylic acids is 1. The number of carboxylic acid groups (broad SMARTS) is 1. The first-order chi connectivity index (χ1) is 11.2. The zero-order valence-corrected chi connectivity index (χ0v) is 13.3. The highest BCUT2D eigenvalue weighted by atomic mass is 16.5. The standard InChI is InChI=1S/C19H20O4/c1-3-22-16-10-7-9-14(12-16)17(19(20)21)13-15-8-5-6-11-18(15)23-4-2/h5-13H,3-4H2,1-2H3,(H,20,21)/b17-13-. The lowest BCUT2D eigenvalue weighted by Gasteiger charge is -2.10. The number of benzene rings is 2. The summed E-state index contributed by atoms with van der Waals surface area (Å²) in [7, 11) is 0. The minimum Gasteiger partial charge on any atom is -0.494 e. The summed E-state index contributed by atoms with van der Waals surface area (Å²) in [5, 5.41) is 9.58. The van der Waals surface area contributed by atoms with Crippen LogP contribution in [0.4, 0.5) is 0 Å². The van der Waals surface area contributed by atoms with Crippen LogP contribution >= 0.6 is 0 Å². The minimum atomic E-state index is -0.995. The molecule has 2 rings (SSSR count). The van der Waals surface area contributed by atoms with Gasteiger partial charge in [0.1, 0.15) is 11.5 Å². The Kier molecular flexibility index (Phi) is 5.80. The Morgan fingerprint density at radius 1 is 1.04 bits per heavy atom. The van der Waals surface area contributed by atoms with Crippen LogP contribution < -0.4 is 9.47 Å². The SMILES string of the molecule is CCOc1cccc(/C(=C/c2ccccc2OCC)C(=O)O)c1. The van der Waals surface area contributed by atoms with Gasteiger partial charge in [0.05, 0.1) is 18.8 Å². The molecule has 0 heterocycles. The van der Waals surface area contributed by atoms with Gasteiger partial charge in [-0.2, -0.15) is 0 Å². The predicted molar refractivity (Wildman–Crippen MR) is 90.7 cm³/mol. The van der Waals surface area contributed by atoms with Crippen LogP contribution in [0.5, 0.6) is 11.5 Å². The van der Waals surface area contributed by atoms with E-state index in [-0.39, 0.29) is 5.57 Å². The van der Waals surface area contributed by atoms with Gasteiger partial charge in [-0.05, 0) is 43.7 Å². The number of para-hydroxylation sites is 1. The van der Waals surface area contributed by atoms with E-state index in [1.807, 2.05) is 38.1 Å². The molecule has 0 aromatic heterocycles. The van der Waals surface area contributed by atoms with Crippen molar-refractivity contribution in [1.29, 1.82) is 0 Å². The third kappa shape index (κ3) is 4.36. The van der Waals surface area contributed by atoms with Crippen LogP contribution in [0.3, 0.4) is 0 Å². The van der Waals surface area contributed by atoms with Gasteiger partial charge in [0, 0.05) is 5.56 Å². The van der Waals surface area contributed by atoms with Gasteiger partial charge in [-0.3, -0.25) is 0 Å². The van der Waals surface area contributed by atoms with Crippen molar-refractivity contribution in [3.8, 4) is 11.5 Å². The molecule has 120 valence electrons. The predicted octanol–water partition coefficient (Wildman–Crippen LogP) is 4.11. The average molecular weight is 312 g/mol. The van der Waals surface area contributed by atoms with E-state index >= 15 is 0 Å². The van der Waals surface area contributed by atoms with Gasteiger partial charge >= 0.3 is 5.97 Å². The highest BCUT2D eigenvalue weighted by molar-refractivity contribution is 6.20. The molecule has 0 aliphatic carbocycles. The first-order valence-corrected chi connectivity index (χ1v) is 7.55. The fraction of sp³-hybridized carbons (Fsp3) is 0.211. The van der Waals surface area contributed by atoms with Gasteiger partial charge in [0.2, 0.25) is 0 Å². The number of rotatable bonds is 7. The lowest BCUT2D eigenvalue weighted by molar-refractivity contribution is -0.130. The second kappa shape index (κ2) is 8.03. The van der Waals surface area contributed by atoms with Gasteiger partial charge in [-0.25, -0.2) is 4.79 Å². The molecule has 1 N–H and O–H groups in total. The number of carbonyl (C=O) groups is 1. The van der Waals surface area contributed by atoms with Crippen LogP contribution in [0.25, 0.3) is 11.6 Å². The maximum absolute atomic E-state index is 11.7. The number of hydrogen-bond donors (Lipinski definition) is 1. The van der Waals surface area contributed by atoms with Crippen molar-refractivity contribution in [1.82, 2.24) is 0 Å². The maximum Gasteiger partial charge on any atom is 0.336 e. The fourth-order valence-electron chi connectivity index (χ4n) is 2.23. The second-order valence-electron chi connectivity index (χ2n) is 4.79. The van der Waals surface area contributed by atoms with E-state index in [4.69, 9.17) is 9.47 Å². The summed E-state index contributed by atoms with van der Waals surface area (Å²) < 4.78 is 11.0. The molecule has 0 atom stereocenters. The Morgan fingerprint density at radius 3 is 2.48 bits per heavy atom. The van der Waals surface area contributed by atoms with E-state index in [0.717, 1.165) is 5.56 Å². The third-order valence-corrected chi connectivity index (χ3v) is 3.21. The highest BCUT2D eigenvalue weighted by Gasteiger charge is 2.13. The molecule has 2 aromatic rings. The zero-order valence-electron chi connectivity index (χ0n) is 13.3. The van der Waals surface area contributed by atoms with E-state index in [1.165, 1.54) is 0 Å². The molecule has 0 unspecified atom stereocenters. The summed E-state index contributed by atoms with van der Waals surface area (Å²) in [4.78, 5) is 11.7. The van der Waals surface area contributed by atoms with Crippen molar-refractivity contribution in [3.05, 3.63) is 59.7 Å². The molecule has 4 heteroatoms. The Labute approximate surface area is 136 Å². The molecule has 2 aromatic carbocycles. The minimum absolute atomic E-state index is 0.193. The van der Waals surface area contributed by atoms with E-state index < -0.39 is 5.97 Å². The Hall–Kier alpha value is -2.75. The number of ether oxygens (including phenoxy) is 2. The van der Waals surface area contributed by atoms with Crippen molar-refractivity contribution in [2.75, 3.05) is 13.2 Å². The van der Waals surface area contributed by atoms with E-state index in [1.54, 1.807) is 30.3 Å². The van der Waals surface area contributed by atoms with Crippen LogP contribution in [-0.2, 0) is 4.79 Å². The van der Waals surface area contributed by atoms with Crippen molar-refractivity contribution in [2.45, 2.75) is 13.8 Å². The smallest absolute Gasteiger partial charge is 0.336 e. The molecule has 23 heavy (non-hydrogen) atoms. The first kappa shape index (κ1) is 16.6. The highest BCUT2D eigenvalue weighted by Crippen LogP contribution is 2.27. The molecular formula is C19H20O4. The molecule has 4 nitrogen and oxygen atoms in total. The summed E-state index contributed by atoms with van der Waals surface area (Å²) in [6, 6.07) is 14.4. The molecule has 0 aliphatic rings. The summed E-state index contributed by atoms with van der Waals surface area (Å²) in [6.45, 7) is 4.83. The van der Waals surface area contributed by atoms with Gasteiger partial charge in [-0.15, -0.1) is 0 Å². The molecule has 0 amide bonds. The van der Waals surface area contributed by atoms with Gasteiger partial charge in [0.25, 0.3) is 0 Å². The maximum atomic E-state index is 11.7. The van der Waals surface area contributed by atoms with E-state index in [2.05, 4.69) is 0 Å². The third-order valence-electron chi connectivity index (χ3n) is 3.21. The fourth-order valence-corrected chi connectivity index (χ4v) is 2.23. The molecule has 0 radical (unpaired) electrons. The summed E-state index contributed by atoms with van der Waals surface area (Å²) in [5.74, 6) is 0.315. The topological polar surface area (TPSA) is 55.8 Å². The number of carboxylic acids is 1. The largest absolute Gasteiger partial charge is 0.494 e. The van der Waals surface area contributed by atoms with E-state index in [0.29, 0.717) is 30.3 Å².